The third-order valence-corrected chi connectivity index (χ3v) is 13.1. The minimum Gasteiger partial charge on any atom is -0.455 e. The van der Waals surface area contributed by atoms with Crippen LogP contribution in [0.2, 0.25) is 5.04 Å². The summed E-state index contributed by atoms with van der Waals surface area (Å²) in [5.41, 5.74) is 8.93. The molecule has 0 aliphatic carbocycles. The van der Waals surface area contributed by atoms with Crippen LogP contribution < -0.4 is 10.4 Å². The molecule has 1 heterocycles. The van der Waals surface area contributed by atoms with Gasteiger partial charge in [-0.25, -0.2) is 4.79 Å². The maximum Gasteiger partial charge on any atom is 0.338 e. The first kappa shape index (κ1) is 29.9. The van der Waals surface area contributed by atoms with Gasteiger partial charge in [0.25, 0.3) is 8.32 Å². The van der Waals surface area contributed by atoms with Gasteiger partial charge in [0.15, 0.2) is 0 Å². The van der Waals surface area contributed by atoms with Crippen molar-refractivity contribution in [3.05, 3.63) is 107 Å². The minimum atomic E-state index is -3.27. The topological polar surface area (TPSA) is 125 Å². The lowest BCUT2D eigenvalue weighted by molar-refractivity contribution is -0.159. The van der Waals surface area contributed by atoms with E-state index in [1.165, 1.54) is 11.8 Å². The van der Waals surface area contributed by atoms with E-state index in [2.05, 4.69) is 23.9 Å². The number of aliphatic hydroxyl groups is 1. The van der Waals surface area contributed by atoms with Crippen molar-refractivity contribution >= 4 is 36.4 Å². The number of azide groups is 1. The predicted molar refractivity (Wildman–Crippen MR) is 160 cm³/mol. The summed E-state index contributed by atoms with van der Waals surface area (Å²) in [6.07, 6.45) is -0.306. The van der Waals surface area contributed by atoms with E-state index < -0.39 is 49.1 Å². The van der Waals surface area contributed by atoms with E-state index >= 15 is 0 Å². The van der Waals surface area contributed by atoms with Gasteiger partial charge in [-0.2, -0.15) is 0 Å². The summed E-state index contributed by atoms with van der Waals surface area (Å²) in [5, 5.41) is 16.5. The Kier molecular flexibility index (Phi) is 9.73. The lowest BCUT2D eigenvalue weighted by Gasteiger charge is -2.45. The van der Waals surface area contributed by atoms with Gasteiger partial charge in [-0.3, -0.25) is 0 Å². The van der Waals surface area contributed by atoms with Crippen molar-refractivity contribution < 1.29 is 24.2 Å². The summed E-state index contributed by atoms with van der Waals surface area (Å²) in [6, 6.07) is 27.1. The van der Waals surface area contributed by atoms with Gasteiger partial charge in [0.2, 0.25) is 0 Å². The van der Waals surface area contributed by atoms with Crippen LogP contribution in [-0.4, -0.2) is 60.2 Å². The number of benzene rings is 3. The molecule has 1 saturated heterocycles. The summed E-state index contributed by atoms with van der Waals surface area (Å²) in [6.45, 7) is 4.10. The zero-order valence-electron chi connectivity index (χ0n) is 22.8. The molecular weight excluding hydrogens is 542 g/mol. The molecular formula is C30H35N3O5SSi. The van der Waals surface area contributed by atoms with E-state index in [0.717, 1.165) is 10.4 Å². The molecule has 0 radical (unpaired) electrons. The van der Waals surface area contributed by atoms with Crippen LogP contribution in [0.1, 0.15) is 37.0 Å². The second kappa shape index (κ2) is 13.0. The Balaban J connectivity index is 1.61. The number of ether oxygens (including phenoxy) is 2. The number of aliphatic hydroxyl groups excluding tert-OH is 1. The lowest BCUT2D eigenvalue weighted by Crippen LogP contribution is -2.65. The van der Waals surface area contributed by atoms with Crippen molar-refractivity contribution in [3.8, 4) is 0 Å². The monoisotopic (exact) mass is 577 g/mol. The molecule has 210 valence electrons. The maximum atomic E-state index is 12.9. The molecule has 3 aromatic rings. The van der Waals surface area contributed by atoms with Crippen molar-refractivity contribution in [2.75, 3.05) is 6.26 Å². The normalized spacial score (nSPS) is 23.2. The number of hydrogen-bond acceptors (Lipinski definition) is 7. The van der Waals surface area contributed by atoms with Crippen molar-refractivity contribution in [3.63, 3.8) is 0 Å². The Morgan fingerprint density at radius 3 is 2.05 bits per heavy atom. The van der Waals surface area contributed by atoms with Crippen LogP contribution in [0, 0.1) is 0 Å². The van der Waals surface area contributed by atoms with E-state index in [-0.39, 0.29) is 0 Å². The molecule has 1 fully saturated rings. The lowest BCUT2D eigenvalue weighted by atomic mass is 9.92. The van der Waals surface area contributed by atoms with Gasteiger partial charge in [0, 0.05) is 4.91 Å². The van der Waals surface area contributed by atoms with E-state index in [1.54, 1.807) is 30.3 Å². The zero-order valence-corrected chi connectivity index (χ0v) is 24.6. The van der Waals surface area contributed by atoms with Gasteiger partial charge in [-0.05, 0) is 52.2 Å². The Morgan fingerprint density at radius 1 is 1.02 bits per heavy atom. The third-order valence-electron chi connectivity index (χ3n) is 7.73. The van der Waals surface area contributed by atoms with Crippen LogP contribution >= 0.6 is 11.8 Å². The minimum absolute atomic E-state index is 0.334. The van der Waals surface area contributed by atoms with Crippen molar-refractivity contribution in [2.45, 2.75) is 61.5 Å². The third kappa shape index (κ3) is 6.12. The van der Waals surface area contributed by atoms with Crippen LogP contribution in [-0.2, 0) is 9.47 Å². The molecule has 4 rings (SSSR count). The molecule has 2 N–H and O–H groups in total. The average molecular weight is 578 g/mol. The Hall–Kier alpha value is -3.11. The highest BCUT2D eigenvalue weighted by Crippen LogP contribution is 2.42. The fraction of sp³-hybridized carbons (Fsp3) is 0.367. The number of hydrogen-bond donors (Lipinski definition) is 2. The van der Waals surface area contributed by atoms with Crippen molar-refractivity contribution in [1.82, 2.24) is 0 Å². The summed E-state index contributed by atoms with van der Waals surface area (Å²) >= 11 is 1.33. The molecule has 1 aliphatic heterocycles. The molecule has 3 unspecified atom stereocenters. The van der Waals surface area contributed by atoms with Crippen LogP contribution in [0.25, 0.3) is 10.4 Å². The largest absolute Gasteiger partial charge is 0.455 e. The fourth-order valence-electron chi connectivity index (χ4n) is 5.41. The molecule has 0 spiro atoms. The number of esters is 1. The second-order valence-corrected chi connectivity index (χ2v) is 15.4. The summed E-state index contributed by atoms with van der Waals surface area (Å²) < 4.78 is 12.0. The Morgan fingerprint density at radius 2 is 1.55 bits per heavy atom. The first-order valence-electron chi connectivity index (χ1n) is 13.2. The van der Waals surface area contributed by atoms with E-state index in [0.29, 0.717) is 18.4 Å². The van der Waals surface area contributed by atoms with Crippen molar-refractivity contribution in [1.29, 1.82) is 0 Å². The van der Waals surface area contributed by atoms with Gasteiger partial charge in [0.1, 0.15) is 23.7 Å². The van der Waals surface area contributed by atoms with Crippen LogP contribution in [0.15, 0.2) is 96.1 Å². The molecule has 0 amide bonds. The number of rotatable bonds is 10. The second-order valence-electron chi connectivity index (χ2n) is 10.6. The Bertz CT molecular complexity index is 1270. The summed E-state index contributed by atoms with van der Waals surface area (Å²) in [4.78, 5) is 28.4. The highest BCUT2D eigenvalue weighted by Gasteiger charge is 2.52. The van der Waals surface area contributed by atoms with Gasteiger partial charge < -0.3 is 19.4 Å². The first-order valence-corrected chi connectivity index (χ1v) is 16.5. The smallest absolute Gasteiger partial charge is 0.338 e. The quantitative estimate of drug-likeness (QED) is 0.119. The van der Waals surface area contributed by atoms with Crippen LogP contribution in [0.5, 0.6) is 0 Å². The number of carbonyl (C=O) groups is 1. The number of carbonyl (C=O) groups excluding carboxylic acids is 1. The molecule has 0 bridgehead atoms. The van der Waals surface area contributed by atoms with Gasteiger partial charge in [-0.15, -0.1) is 11.8 Å². The van der Waals surface area contributed by atoms with E-state index in [1.807, 2.05) is 66.9 Å². The molecule has 10 heteroatoms. The summed E-state index contributed by atoms with van der Waals surface area (Å²) in [7, 11) is -3.27. The van der Waals surface area contributed by atoms with Gasteiger partial charge >= 0.3 is 5.97 Å². The first-order chi connectivity index (χ1) is 19.2. The van der Waals surface area contributed by atoms with Crippen LogP contribution in [0.3, 0.4) is 0 Å². The SMILES string of the molecule is CS[C@@H]1OC(CCC(C)(C)[Si](O)(c2ccccc2)c2ccccc2)[C@@H](O)C(OC(=O)c2ccccc2)C1N=[N+]=[N-]. The Labute approximate surface area is 240 Å². The highest BCUT2D eigenvalue weighted by molar-refractivity contribution is 7.99. The summed E-state index contributed by atoms with van der Waals surface area (Å²) in [5.74, 6) is -0.612. The van der Waals surface area contributed by atoms with E-state index in [9.17, 15) is 20.2 Å². The molecule has 1 aliphatic rings. The molecule has 8 nitrogen and oxygen atoms in total. The standard InChI is InChI=1S/C30H35N3O5SSi/c1-30(2,40(36,22-15-9-5-10-16-22)23-17-11-6-12-18-23)20-19-24-26(34)27(25(32-33-31)29(37-24)39-3)38-28(35)21-13-7-4-8-14-21/h4-18,24-27,29,34,36H,19-20H2,1-3H3/t24?,25?,26-,27?,29+/m1/s1. The maximum absolute atomic E-state index is 12.9. The zero-order chi connectivity index (χ0) is 28.8. The number of nitrogens with zero attached hydrogens (tertiary/aromatic N) is 3. The predicted octanol–water partition coefficient (Wildman–Crippen LogP) is 4.65. The van der Waals surface area contributed by atoms with Gasteiger partial charge in [-0.1, -0.05) is 97.8 Å². The van der Waals surface area contributed by atoms with E-state index in [4.69, 9.17) is 9.47 Å². The average Bonchev–Trinajstić information content (AvgIpc) is 2.99. The number of thioether (sulfide) groups is 1. The molecule has 3 aromatic carbocycles. The fourth-order valence-corrected chi connectivity index (χ4v) is 9.91. The molecule has 5 atom stereocenters. The molecule has 0 saturated carbocycles. The van der Waals surface area contributed by atoms with Crippen molar-refractivity contribution in [2.24, 2.45) is 5.11 Å². The highest BCUT2D eigenvalue weighted by atomic mass is 32.2. The molecule has 0 aromatic heterocycles. The molecule has 40 heavy (non-hydrogen) atoms. The van der Waals surface area contributed by atoms with Gasteiger partial charge in [0.05, 0.1) is 11.7 Å². The van der Waals surface area contributed by atoms with Crippen LogP contribution in [0.4, 0.5) is 0 Å².